The Hall–Kier alpha value is -2.93. The molecule has 0 radical (unpaired) electrons. The predicted octanol–water partition coefficient (Wildman–Crippen LogP) is 4.99. The quantitative estimate of drug-likeness (QED) is 0.414. The van der Waals surface area contributed by atoms with Crippen molar-refractivity contribution in [3.05, 3.63) is 58.5 Å². The minimum absolute atomic E-state index is 0.261. The molecule has 0 aliphatic carbocycles. The Morgan fingerprint density at radius 2 is 1.84 bits per heavy atom. The van der Waals surface area contributed by atoms with Crippen LogP contribution in [-0.2, 0) is 4.79 Å². The molecule has 2 aromatic carbocycles. The third-order valence-corrected chi connectivity index (χ3v) is 5.81. The molecule has 1 amide bonds. The number of aliphatic imine (C=N–C) groups is 1. The van der Waals surface area contributed by atoms with Gasteiger partial charge in [0.15, 0.2) is 16.7 Å². The first kappa shape index (κ1) is 22.7. The molecule has 1 aliphatic rings. The molecular weight excluding hydrogens is 412 g/mol. The van der Waals surface area contributed by atoms with Crippen molar-refractivity contribution in [2.24, 2.45) is 10.7 Å². The Labute approximate surface area is 187 Å². The Morgan fingerprint density at radius 3 is 2.48 bits per heavy atom. The second kappa shape index (κ2) is 10.9. The zero-order valence-electron chi connectivity index (χ0n) is 18.1. The number of nitrogens with two attached hydrogens (primary N) is 1. The van der Waals surface area contributed by atoms with E-state index in [1.165, 1.54) is 5.56 Å². The number of thioether (sulfide) groups is 1. The maximum absolute atomic E-state index is 11.8. The van der Waals surface area contributed by atoms with E-state index in [0.717, 1.165) is 35.9 Å². The van der Waals surface area contributed by atoms with Crippen molar-refractivity contribution in [1.29, 1.82) is 0 Å². The fraction of sp³-hybridized carbons (Fsp3) is 0.333. The second-order valence-corrected chi connectivity index (χ2v) is 8.27. The van der Waals surface area contributed by atoms with Gasteiger partial charge >= 0.3 is 0 Å². The summed E-state index contributed by atoms with van der Waals surface area (Å²) in [6.45, 7) is 5.48. The molecule has 7 heteroatoms. The van der Waals surface area contributed by atoms with Crippen LogP contribution in [0, 0.1) is 0 Å². The summed E-state index contributed by atoms with van der Waals surface area (Å²) in [5.74, 6) is 2.34. The van der Waals surface area contributed by atoms with E-state index in [2.05, 4.69) is 31.0 Å². The number of methoxy groups -OCH3 is 1. The van der Waals surface area contributed by atoms with Gasteiger partial charge in [-0.3, -0.25) is 4.79 Å². The number of carbonyl (C=O) groups is 1. The summed E-state index contributed by atoms with van der Waals surface area (Å²) < 4.78 is 17.1. The third kappa shape index (κ3) is 6.28. The van der Waals surface area contributed by atoms with Gasteiger partial charge in [0.1, 0.15) is 5.75 Å². The molecule has 6 nitrogen and oxygen atoms in total. The van der Waals surface area contributed by atoms with Gasteiger partial charge in [0.25, 0.3) is 5.91 Å². The molecule has 0 saturated carbocycles. The van der Waals surface area contributed by atoms with Gasteiger partial charge in [-0.05, 0) is 65.6 Å². The topological polar surface area (TPSA) is 83.1 Å². The molecule has 0 bridgehead atoms. The van der Waals surface area contributed by atoms with Gasteiger partial charge in [0.05, 0.1) is 25.2 Å². The number of ether oxygens (including phenoxy) is 3. The standard InChI is InChI=1S/C24H28N2O4S/c1-4-16(2)18-7-9-19(10-8-18)29-12-5-13-30-20-11-6-17(14-21(20)28-3)15-22-23(27)26-24(25)31-22/h6-11,14-16H,4-5,12-13H2,1-3H3,(H2,25,26,27)/b22-15+/t16-/m0/s1. The van der Waals surface area contributed by atoms with Crippen molar-refractivity contribution < 1.29 is 19.0 Å². The summed E-state index contributed by atoms with van der Waals surface area (Å²) in [5.41, 5.74) is 7.73. The molecule has 2 N–H and O–H groups in total. The lowest BCUT2D eigenvalue weighted by Crippen LogP contribution is -2.06. The zero-order valence-corrected chi connectivity index (χ0v) is 18.9. The van der Waals surface area contributed by atoms with Gasteiger partial charge in [-0.25, -0.2) is 0 Å². The van der Waals surface area contributed by atoms with Crippen LogP contribution in [0.3, 0.4) is 0 Å². The number of rotatable bonds is 10. The van der Waals surface area contributed by atoms with E-state index >= 15 is 0 Å². The average molecular weight is 441 g/mol. The lowest BCUT2D eigenvalue weighted by molar-refractivity contribution is -0.113. The number of amides is 1. The summed E-state index contributed by atoms with van der Waals surface area (Å²) in [6, 6.07) is 13.8. The monoisotopic (exact) mass is 440 g/mol. The van der Waals surface area contributed by atoms with Crippen molar-refractivity contribution in [2.45, 2.75) is 32.6 Å². The highest BCUT2D eigenvalue weighted by Crippen LogP contribution is 2.32. The largest absolute Gasteiger partial charge is 0.493 e. The fourth-order valence-corrected chi connectivity index (χ4v) is 3.71. The minimum atomic E-state index is -0.323. The van der Waals surface area contributed by atoms with Crippen LogP contribution in [0.1, 0.15) is 43.7 Å². The van der Waals surface area contributed by atoms with Crippen LogP contribution < -0.4 is 19.9 Å². The van der Waals surface area contributed by atoms with Crippen LogP contribution in [0.25, 0.3) is 6.08 Å². The number of hydrogen-bond acceptors (Lipinski definition) is 6. The third-order valence-electron chi connectivity index (χ3n) is 5.00. The first-order valence-electron chi connectivity index (χ1n) is 10.3. The maximum Gasteiger partial charge on any atom is 0.286 e. The molecular formula is C24H28N2O4S. The van der Waals surface area contributed by atoms with Crippen LogP contribution in [0.5, 0.6) is 17.2 Å². The molecule has 0 fully saturated rings. The van der Waals surface area contributed by atoms with Gasteiger partial charge < -0.3 is 19.9 Å². The highest BCUT2D eigenvalue weighted by Gasteiger charge is 2.19. The van der Waals surface area contributed by atoms with Crippen molar-refractivity contribution in [3.63, 3.8) is 0 Å². The molecule has 1 heterocycles. The first-order valence-corrected chi connectivity index (χ1v) is 11.1. The van der Waals surface area contributed by atoms with Crippen molar-refractivity contribution in [1.82, 2.24) is 0 Å². The van der Waals surface area contributed by atoms with Crippen molar-refractivity contribution >= 4 is 28.9 Å². The van der Waals surface area contributed by atoms with E-state index in [4.69, 9.17) is 19.9 Å². The van der Waals surface area contributed by atoms with E-state index in [1.807, 2.05) is 30.3 Å². The molecule has 164 valence electrons. The maximum atomic E-state index is 11.8. The van der Waals surface area contributed by atoms with Crippen LogP contribution in [0.15, 0.2) is 52.4 Å². The zero-order chi connectivity index (χ0) is 22.2. The first-order chi connectivity index (χ1) is 15.0. The van der Waals surface area contributed by atoms with Crippen LogP contribution >= 0.6 is 11.8 Å². The van der Waals surface area contributed by atoms with E-state index in [9.17, 15) is 4.79 Å². The van der Waals surface area contributed by atoms with Gasteiger partial charge in [0, 0.05) is 6.42 Å². The number of carbonyl (C=O) groups excluding carboxylic acids is 1. The highest BCUT2D eigenvalue weighted by molar-refractivity contribution is 8.18. The Morgan fingerprint density at radius 1 is 1.10 bits per heavy atom. The molecule has 0 saturated heterocycles. The van der Waals surface area contributed by atoms with Gasteiger partial charge in [-0.1, -0.05) is 32.0 Å². The van der Waals surface area contributed by atoms with Gasteiger partial charge in [-0.2, -0.15) is 4.99 Å². The lowest BCUT2D eigenvalue weighted by Gasteiger charge is -2.13. The lowest BCUT2D eigenvalue weighted by atomic mass is 9.99. The molecule has 31 heavy (non-hydrogen) atoms. The number of amidine groups is 1. The second-order valence-electron chi connectivity index (χ2n) is 7.20. The smallest absolute Gasteiger partial charge is 0.286 e. The Balaban J connectivity index is 1.48. The predicted molar refractivity (Wildman–Crippen MR) is 126 cm³/mol. The summed E-state index contributed by atoms with van der Waals surface area (Å²) in [6.07, 6.45) is 3.60. The molecule has 0 unspecified atom stereocenters. The molecule has 0 aromatic heterocycles. The fourth-order valence-electron chi connectivity index (χ4n) is 3.03. The van der Waals surface area contributed by atoms with Gasteiger partial charge in [0.2, 0.25) is 0 Å². The summed E-state index contributed by atoms with van der Waals surface area (Å²) in [4.78, 5) is 15.9. The van der Waals surface area contributed by atoms with E-state index in [1.54, 1.807) is 13.2 Å². The molecule has 3 rings (SSSR count). The van der Waals surface area contributed by atoms with Crippen molar-refractivity contribution in [3.8, 4) is 17.2 Å². The Bertz CT molecular complexity index is 970. The average Bonchev–Trinajstić information content (AvgIpc) is 3.10. The van der Waals surface area contributed by atoms with Crippen LogP contribution in [0.2, 0.25) is 0 Å². The Kier molecular flexibility index (Phi) is 8.00. The normalized spacial score (nSPS) is 15.6. The molecule has 1 aliphatic heterocycles. The van der Waals surface area contributed by atoms with Crippen molar-refractivity contribution in [2.75, 3.05) is 20.3 Å². The van der Waals surface area contributed by atoms with Crippen LogP contribution in [-0.4, -0.2) is 31.4 Å². The van der Waals surface area contributed by atoms with E-state index in [0.29, 0.717) is 35.5 Å². The van der Waals surface area contributed by atoms with E-state index < -0.39 is 0 Å². The molecule has 1 atom stereocenters. The number of hydrogen-bond donors (Lipinski definition) is 1. The van der Waals surface area contributed by atoms with E-state index in [-0.39, 0.29) is 11.1 Å². The summed E-state index contributed by atoms with van der Waals surface area (Å²) in [7, 11) is 1.59. The number of benzene rings is 2. The number of nitrogens with zero attached hydrogens (tertiary/aromatic N) is 1. The SMILES string of the molecule is CC[C@H](C)c1ccc(OCCCOc2ccc(/C=C3/SC(N)=NC3=O)cc2OC)cc1. The van der Waals surface area contributed by atoms with Crippen LogP contribution in [0.4, 0.5) is 0 Å². The minimum Gasteiger partial charge on any atom is -0.493 e. The highest BCUT2D eigenvalue weighted by atomic mass is 32.2. The summed E-state index contributed by atoms with van der Waals surface area (Å²) >= 11 is 1.16. The molecule has 0 spiro atoms. The molecule has 2 aromatic rings. The van der Waals surface area contributed by atoms with Gasteiger partial charge in [-0.15, -0.1) is 0 Å². The summed E-state index contributed by atoms with van der Waals surface area (Å²) in [5, 5.41) is 0.261.